The van der Waals surface area contributed by atoms with E-state index in [1.165, 1.54) is 0 Å². The van der Waals surface area contributed by atoms with Gasteiger partial charge in [0.25, 0.3) is 10.1 Å². The topological polar surface area (TPSA) is 66.7 Å². The van der Waals surface area contributed by atoms with E-state index >= 15 is 0 Å². The van der Waals surface area contributed by atoms with E-state index in [0.29, 0.717) is 5.69 Å². The maximum atomic E-state index is 10.3. The van der Waals surface area contributed by atoms with Gasteiger partial charge >= 0.3 is 0 Å². The van der Waals surface area contributed by atoms with Crippen LogP contribution >= 0.6 is 0 Å². The lowest BCUT2D eigenvalue weighted by Crippen LogP contribution is -2.03. The average molecular weight is 199 g/mol. The molecule has 0 aliphatic carbocycles. The largest absolute Gasteiger partial charge is 0.285 e. The Hall–Kier alpha value is -1.20. The molecule has 70 valence electrons. The Bertz CT molecular complexity index is 383. The smallest absolute Gasteiger partial charge is 0.270 e. The number of rotatable bonds is 3. The molecule has 0 saturated carbocycles. The van der Waals surface area contributed by atoms with Crippen LogP contribution in [0.1, 0.15) is 0 Å². The summed E-state index contributed by atoms with van der Waals surface area (Å²) in [6, 6.07) is 8.89. The van der Waals surface area contributed by atoms with Crippen molar-refractivity contribution in [1.29, 1.82) is 0 Å². The molecule has 1 aromatic carbocycles. The molecule has 0 heterocycles. The van der Waals surface area contributed by atoms with Crippen molar-refractivity contribution in [3.05, 3.63) is 30.3 Å². The minimum Gasteiger partial charge on any atom is -0.285 e. The molecule has 1 aromatic rings. The Balaban J connectivity index is 2.61. The van der Waals surface area contributed by atoms with Crippen LogP contribution < -0.4 is 0 Å². The lowest BCUT2D eigenvalue weighted by atomic mass is 10.3. The van der Waals surface area contributed by atoms with Crippen LogP contribution in [0.2, 0.25) is 0 Å². The third-order valence-corrected chi connectivity index (χ3v) is 1.85. The van der Waals surface area contributed by atoms with Crippen LogP contribution in [0, 0.1) is 0 Å². The van der Waals surface area contributed by atoms with Gasteiger partial charge in [-0.15, -0.1) is 0 Å². The maximum absolute atomic E-state index is 10.3. The van der Waals surface area contributed by atoms with Crippen LogP contribution in [0.5, 0.6) is 0 Å². The average Bonchev–Trinajstić information content (AvgIpc) is 2.04. The van der Waals surface area contributed by atoms with Crippen molar-refractivity contribution in [3.8, 4) is 0 Å². The Labute approximate surface area is 76.7 Å². The van der Waals surface area contributed by atoms with E-state index in [-0.39, 0.29) is 0 Å². The summed E-state index contributed by atoms with van der Waals surface area (Å²) >= 11 is 0. The minimum absolute atomic E-state index is 0.456. The molecule has 0 aliphatic heterocycles. The minimum atomic E-state index is -3.94. The van der Waals surface area contributed by atoms with Crippen molar-refractivity contribution < 1.29 is 13.0 Å². The normalized spacial score (nSPS) is 12.1. The molecule has 5 heteroatoms. The first-order valence-corrected chi connectivity index (χ1v) is 5.21. The van der Waals surface area contributed by atoms with Crippen LogP contribution in [0.3, 0.4) is 0 Å². The van der Waals surface area contributed by atoms with Crippen molar-refractivity contribution in [2.45, 2.75) is 0 Å². The van der Waals surface area contributed by atoms with E-state index < -0.39 is 15.9 Å². The highest BCUT2D eigenvalue weighted by atomic mass is 32.2. The summed E-state index contributed by atoms with van der Waals surface area (Å²) in [7, 11) is -3.94. The van der Waals surface area contributed by atoms with Gasteiger partial charge in [-0.3, -0.25) is 9.55 Å². The molecule has 0 bridgehead atoms. The molecular weight excluding hydrogens is 190 g/mol. The number of nitrogens with zero attached hydrogens (tertiary/aromatic N) is 1. The van der Waals surface area contributed by atoms with Crippen molar-refractivity contribution in [2.75, 3.05) is 5.75 Å². The molecule has 0 aliphatic rings. The van der Waals surface area contributed by atoms with Gasteiger partial charge in [0.15, 0.2) is 0 Å². The van der Waals surface area contributed by atoms with Crippen LogP contribution in [-0.2, 0) is 10.1 Å². The van der Waals surface area contributed by atoms with Gasteiger partial charge in [-0.2, -0.15) is 8.42 Å². The fourth-order valence-corrected chi connectivity index (χ4v) is 1.01. The van der Waals surface area contributed by atoms with Crippen LogP contribution in [0.15, 0.2) is 35.3 Å². The number of hydrogen-bond acceptors (Lipinski definition) is 3. The summed E-state index contributed by atoms with van der Waals surface area (Å²) in [5.74, 6) is -0.456. The highest BCUT2D eigenvalue weighted by Gasteiger charge is 1.99. The van der Waals surface area contributed by atoms with Crippen LogP contribution in [0.4, 0.5) is 5.69 Å². The molecule has 0 aromatic heterocycles. The summed E-state index contributed by atoms with van der Waals surface area (Å²) in [6.45, 7) is 0. The molecule has 0 unspecified atom stereocenters. The lowest BCUT2D eigenvalue weighted by molar-refractivity contribution is 0.488. The first kappa shape index (κ1) is 9.88. The number of benzene rings is 1. The predicted molar refractivity (Wildman–Crippen MR) is 51.0 cm³/mol. The molecule has 0 radical (unpaired) electrons. The van der Waals surface area contributed by atoms with Crippen molar-refractivity contribution in [3.63, 3.8) is 0 Å². The summed E-state index contributed by atoms with van der Waals surface area (Å²) < 4.78 is 28.9. The summed E-state index contributed by atoms with van der Waals surface area (Å²) in [5.41, 5.74) is 0.658. The van der Waals surface area contributed by atoms with Crippen molar-refractivity contribution >= 4 is 22.0 Å². The van der Waals surface area contributed by atoms with Gasteiger partial charge in [0.05, 0.1) is 5.69 Å². The second-order valence-corrected chi connectivity index (χ2v) is 3.89. The zero-order chi connectivity index (χ0) is 9.73. The molecule has 0 saturated heterocycles. The zero-order valence-corrected chi connectivity index (χ0v) is 7.61. The molecule has 0 amide bonds. The third kappa shape index (κ3) is 4.39. The molecule has 0 spiro atoms. The zero-order valence-electron chi connectivity index (χ0n) is 6.79. The van der Waals surface area contributed by atoms with Gasteiger partial charge < -0.3 is 0 Å². The van der Waals surface area contributed by atoms with Gasteiger partial charge in [0.2, 0.25) is 0 Å². The van der Waals surface area contributed by atoms with E-state index in [0.717, 1.165) is 6.21 Å². The van der Waals surface area contributed by atoms with Crippen LogP contribution in [0.25, 0.3) is 0 Å². The van der Waals surface area contributed by atoms with Gasteiger partial charge in [-0.1, -0.05) is 18.2 Å². The van der Waals surface area contributed by atoms with Gasteiger partial charge in [0.1, 0.15) is 5.75 Å². The SMILES string of the molecule is O=S(=O)(O)CC=Nc1ccccc1. The van der Waals surface area contributed by atoms with Crippen molar-refractivity contribution in [1.82, 2.24) is 0 Å². The molecule has 4 nitrogen and oxygen atoms in total. The second kappa shape index (κ2) is 4.15. The molecular formula is C8H9NO3S. The second-order valence-electron chi connectivity index (χ2n) is 2.40. The lowest BCUT2D eigenvalue weighted by Gasteiger charge is -1.90. The first-order chi connectivity index (χ1) is 6.08. The third-order valence-electron chi connectivity index (χ3n) is 1.28. The highest BCUT2D eigenvalue weighted by molar-refractivity contribution is 7.86. The molecule has 0 atom stereocenters. The Morgan fingerprint density at radius 1 is 1.31 bits per heavy atom. The number of para-hydroxylation sites is 1. The fourth-order valence-electron chi connectivity index (χ4n) is 0.751. The van der Waals surface area contributed by atoms with E-state index in [9.17, 15) is 8.42 Å². The van der Waals surface area contributed by atoms with Crippen molar-refractivity contribution in [2.24, 2.45) is 4.99 Å². The van der Waals surface area contributed by atoms with Crippen LogP contribution in [-0.4, -0.2) is 24.9 Å². The Morgan fingerprint density at radius 2 is 1.92 bits per heavy atom. The van der Waals surface area contributed by atoms with Gasteiger partial charge in [-0.05, 0) is 12.1 Å². The predicted octanol–water partition coefficient (Wildman–Crippen LogP) is 1.28. The quantitative estimate of drug-likeness (QED) is 0.589. The van der Waals surface area contributed by atoms with Gasteiger partial charge in [-0.25, -0.2) is 0 Å². The number of hydrogen-bond donors (Lipinski definition) is 1. The monoisotopic (exact) mass is 199 g/mol. The molecule has 1 N–H and O–H groups in total. The molecule has 13 heavy (non-hydrogen) atoms. The maximum Gasteiger partial charge on any atom is 0.270 e. The Morgan fingerprint density at radius 3 is 2.46 bits per heavy atom. The summed E-state index contributed by atoms with van der Waals surface area (Å²) in [6.07, 6.45) is 1.16. The Kier molecular flexibility index (Phi) is 3.16. The molecule has 0 fully saturated rings. The summed E-state index contributed by atoms with van der Waals surface area (Å²) in [4.78, 5) is 3.83. The van der Waals surface area contributed by atoms with E-state index in [1.807, 2.05) is 6.07 Å². The number of aliphatic imine (C=N–C) groups is 1. The fraction of sp³-hybridized carbons (Fsp3) is 0.125. The molecule has 1 rings (SSSR count). The van der Waals surface area contributed by atoms with E-state index in [4.69, 9.17) is 4.55 Å². The first-order valence-electron chi connectivity index (χ1n) is 3.61. The summed E-state index contributed by atoms with van der Waals surface area (Å²) in [5, 5.41) is 0. The standard InChI is InChI=1S/C8H9NO3S/c10-13(11,12)7-6-9-8-4-2-1-3-5-8/h1-6H,7H2,(H,10,11,12). The van der Waals surface area contributed by atoms with Gasteiger partial charge in [0, 0.05) is 6.21 Å². The highest BCUT2D eigenvalue weighted by Crippen LogP contribution is 2.08. The van der Waals surface area contributed by atoms with E-state index in [2.05, 4.69) is 4.99 Å². The van der Waals surface area contributed by atoms with E-state index in [1.54, 1.807) is 24.3 Å².